The zero-order chi connectivity index (χ0) is 14.7. The number of nitrogens with zero attached hydrogens (tertiary/aromatic N) is 2. The summed E-state index contributed by atoms with van der Waals surface area (Å²) < 4.78 is 0. The van der Waals surface area contributed by atoms with Crippen molar-refractivity contribution in [3.05, 3.63) is 52.7 Å². The standard InChI is InChI=1S/C13H12N4O3/c1-2-7-15-13(18)11-10(14)12(17(19)20)8-5-3-4-6-9(8)16-11/h2-6H,1,7,14H2,(H,15,18). The number of carbonyl (C=O) groups excluding carboxylic acids is 1. The number of nitro groups is 1. The zero-order valence-electron chi connectivity index (χ0n) is 10.5. The molecule has 0 fully saturated rings. The highest BCUT2D eigenvalue weighted by Gasteiger charge is 2.24. The van der Waals surface area contributed by atoms with E-state index in [1.54, 1.807) is 24.3 Å². The third-order valence-corrected chi connectivity index (χ3v) is 2.71. The summed E-state index contributed by atoms with van der Waals surface area (Å²) in [5, 5.41) is 14.0. The minimum atomic E-state index is -0.608. The van der Waals surface area contributed by atoms with Crippen LogP contribution in [0.4, 0.5) is 11.4 Å². The lowest BCUT2D eigenvalue weighted by atomic mass is 10.1. The zero-order valence-corrected chi connectivity index (χ0v) is 10.5. The van der Waals surface area contributed by atoms with Gasteiger partial charge in [0, 0.05) is 6.54 Å². The van der Waals surface area contributed by atoms with Crippen molar-refractivity contribution in [2.45, 2.75) is 0 Å². The number of anilines is 1. The third kappa shape index (κ3) is 2.28. The highest BCUT2D eigenvalue weighted by Crippen LogP contribution is 2.32. The molecule has 0 unspecified atom stereocenters. The minimum Gasteiger partial charge on any atom is -0.391 e. The number of benzene rings is 1. The van der Waals surface area contributed by atoms with Crippen molar-refractivity contribution in [2.24, 2.45) is 0 Å². The molecule has 7 heteroatoms. The molecule has 0 radical (unpaired) electrons. The molecule has 1 heterocycles. The molecular formula is C13H12N4O3. The SMILES string of the molecule is C=CCNC(=O)c1nc2ccccc2c([N+](=O)[O-])c1N. The van der Waals surface area contributed by atoms with Crippen LogP contribution in [-0.2, 0) is 0 Å². The number of hydrogen-bond donors (Lipinski definition) is 2. The Bertz CT molecular complexity index is 712. The van der Waals surface area contributed by atoms with Crippen molar-refractivity contribution in [3.8, 4) is 0 Å². The molecular weight excluding hydrogens is 260 g/mol. The fourth-order valence-corrected chi connectivity index (χ4v) is 1.83. The molecule has 3 N–H and O–H groups in total. The van der Waals surface area contributed by atoms with Crippen LogP contribution in [0.3, 0.4) is 0 Å². The smallest absolute Gasteiger partial charge is 0.303 e. The largest absolute Gasteiger partial charge is 0.391 e. The summed E-state index contributed by atoms with van der Waals surface area (Å²) in [6.07, 6.45) is 1.49. The first-order chi connectivity index (χ1) is 9.56. The number of pyridine rings is 1. The lowest BCUT2D eigenvalue weighted by Gasteiger charge is -2.08. The van der Waals surface area contributed by atoms with E-state index < -0.39 is 10.8 Å². The number of nitrogens with one attached hydrogen (secondary N) is 1. The van der Waals surface area contributed by atoms with E-state index in [0.717, 1.165) is 0 Å². The van der Waals surface area contributed by atoms with Gasteiger partial charge in [-0.2, -0.15) is 0 Å². The summed E-state index contributed by atoms with van der Waals surface area (Å²) in [4.78, 5) is 26.6. The molecule has 0 aliphatic heterocycles. The lowest BCUT2D eigenvalue weighted by molar-refractivity contribution is -0.382. The maximum atomic E-state index is 11.9. The summed E-state index contributed by atoms with van der Waals surface area (Å²) in [7, 11) is 0. The van der Waals surface area contributed by atoms with Gasteiger partial charge in [0.15, 0.2) is 5.69 Å². The van der Waals surface area contributed by atoms with Crippen LogP contribution in [0.1, 0.15) is 10.5 Å². The molecule has 1 amide bonds. The van der Waals surface area contributed by atoms with Crippen LogP contribution in [0.15, 0.2) is 36.9 Å². The molecule has 2 aromatic rings. The molecule has 0 aliphatic rings. The van der Waals surface area contributed by atoms with Crippen molar-refractivity contribution < 1.29 is 9.72 Å². The highest BCUT2D eigenvalue weighted by atomic mass is 16.6. The van der Waals surface area contributed by atoms with Crippen LogP contribution < -0.4 is 11.1 Å². The number of aromatic nitrogens is 1. The van der Waals surface area contributed by atoms with Gasteiger partial charge in [0.05, 0.1) is 15.8 Å². The maximum absolute atomic E-state index is 11.9. The first-order valence-electron chi connectivity index (χ1n) is 5.78. The summed E-state index contributed by atoms with van der Waals surface area (Å²) in [5.41, 5.74) is 5.37. The topological polar surface area (TPSA) is 111 Å². The van der Waals surface area contributed by atoms with E-state index in [1.807, 2.05) is 0 Å². The van der Waals surface area contributed by atoms with Crippen molar-refractivity contribution in [3.63, 3.8) is 0 Å². The molecule has 0 atom stereocenters. The Kier molecular flexibility index (Phi) is 3.60. The minimum absolute atomic E-state index is 0.155. The number of fused-ring (bicyclic) bond motifs is 1. The Morgan fingerprint density at radius 1 is 1.50 bits per heavy atom. The fourth-order valence-electron chi connectivity index (χ4n) is 1.83. The Morgan fingerprint density at radius 2 is 2.20 bits per heavy atom. The molecule has 2 rings (SSSR count). The summed E-state index contributed by atoms with van der Waals surface area (Å²) in [5.74, 6) is -0.573. The van der Waals surface area contributed by atoms with Gasteiger partial charge in [-0.15, -0.1) is 6.58 Å². The van der Waals surface area contributed by atoms with Crippen LogP contribution >= 0.6 is 0 Å². The first-order valence-corrected chi connectivity index (χ1v) is 5.78. The summed E-state index contributed by atoms with van der Waals surface area (Å²) >= 11 is 0. The van der Waals surface area contributed by atoms with Crippen molar-refractivity contribution >= 4 is 28.2 Å². The fraction of sp³-hybridized carbons (Fsp3) is 0.0769. The number of rotatable bonds is 4. The molecule has 20 heavy (non-hydrogen) atoms. The molecule has 0 bridgehead atoms. The molecule has 0 saturated carbocycles. The van der Waals surface area contributed by atoms with Gasteiger partial charge in [-0.1, -0.05) is 18.2 Å². The highest BCUT2D eigenvalue weighted by molar-refractivity contribution is 6.05. The van der Waals surface area contributed by atoms with Crippen LogP contribution in [0, 0.1) is 10.1 Å². The average molecular weight is 272 g/mol. The van der Waals surface area contributed by atoms with Gasteiger partial charge in [-0.25, -0.2) is 4.98 Å². The predicted molar refractivity (Wildman–Crippen MR) is 75.3 cm³/mol. The Balaban J connectivity index is 2.67. The summed E-state index contributed by atoms with van der Waals surface area (Å²) in [6, 6.07) is 6.46. The van der Waals surface area contributed by atoms with Gasteiger partial charge in [0.1, 0.15) is 5.69 Å². The maximum Gasteiger partial charge on any atom is 0.303 e. The van der Waals surface area contributed by atoms with Crippen LogP contribution in [0.2, 0.25) is 0 Å². The molecule has 0 spiro atoms. The van der Waals surface area contributed by atoms with Gasteiger partial charge in [-0.3, -0.25) is 14.9 Å². The quantitative estimate of drug-likeness (QED) is 0.499. The van der Waals surface area contributed by atoms with E-state index in [-0.39, 0.29) is 23.6 Å². The van der Waals surface area contributed by atoms with Crippen molar-refractivity contribution in [1.82, 2.24) is 10.3 Å². The van der Waals surface area contributed by atoms with E-state index in [1.165, 1.54) is 6.08 Å². The van der Waals surface area contributed by atoms with E-state index in [4.69, 9.17) is 5.73 Å². The Hall–Kier alpha value is -2.96. The Morgan fingerprint density at radius 3 is 2.85 bits per heavy atom. The molecule has 0 saturated heterocycles. The van der Waals surface area contributed by atoms with Gasteiger partial charge < -0.3 is 11.1 Å². The third-order valence-electron chi connectivity index (χ3n) is 2.71. The van der Waals surface area contributed by atoms with Gasteiger partial charge in [0.2, 0.25) is 0 Å². The van der Waals surface area contributed by atoms with Crippen LogP contribution in [0.5, 0.6) is 0 Å². The monoisotopic (exact) mass is 272 g/mol. The van der Waals surface area contributed by atoms with Crippen molar-refractivity contribution in [1.29, 1.82) is 0 Å². The molecule has 1 aromatic carbocycles. The van der Waals surface area contributed by atoms with Crippen molar-refractivity contribution in [2.75, 3.05) is 12.3 Å². The molecule has 1 aromatic heterocycles. The molecule has 0 aliphatic carbocycles. The van der Waals surface area contributed by atoms with E-state index >= 15 is 0 Å². The van der Waals surface area contributed by atoms with Crippen LogP contribution in [0.25, 0.3) is 10.9 Å². The van der Waals surface area contributed by atoms with E-state index in [2.05, 4.69) is 16.9 Å². The van der Waals surface area contributed by atoms with Gasteiger partial charge >= 0.3 is 5.69 Å². The number of amides is 1. The number of para-hydroxylation sites is 1. The van der Waals surface area contributed by atoms with Gasteiger partial charge in [-0.05, 0) is 12.1 Å². The number of hydrogen-bond acceptors (Lipinski definition) is 5. The van der Waals surface area contributed by atoms with Crippen LogP contribution in [-0.4, -0.2) is 22.4 Å². The number of nitrogens with two attached hydrogens (primary N) is 1. The van der Waals surface area contributed by atoms with E-state index in [0.29, 0.717) is 10.9 Å². The lowest BCUT2D eigenvalue weighted by Crippen LogP contribution is -2.25. The molecule has 102 valence electrons. The normalized spacial score (nSPS) is 10.2. The number of carbonyl (C=O) groups is 1. The van der Waals surface area contributed by atoms with E-state index in [9.17, 15) is 14.9 Å². The molecule has 7 nitrogen and oxygen atoms in total. The Labute approximate surface area is 114 Å². The second-order valence-electron chi connectivity index (χ2n) is 4.00. The van der Waals surface area contributed by atoms with Gasteiger partial charge in [0.25, 0.3) is 5.91 Å². The average Bonchev–Trinajstić information content (AvgIpc) is 2.43. The number of nitrogen functional groups attached to an aromatic ring is 1. The summed E-state index contributed by atoms with van der Waals surface area (Å²) in [6.45, 7) is 3.69. The second-order valence-corrected chi connectivity index (χ2v) is 4.00. The predicted octanol–water partition coefficient (Wildman–Crippen LogP) is 1.64. The second kappa shape index (κ2) is 5.35. The first kappa shape index (κ1) is 13.5.